The Kier molecular flexibility index (Phi) is 4.49. The van der Waals surface area contributed by atoms with Crippen molar-refractivity contribution in [3.63, 3.8) is 0 Å². The molecule has 0 aliphatic carbocycles. The Labute approximate surface area is 125 Å². The quantitative estimate of drug-likeness (QED) is 0.921. The SMILES string of the molecule is CCCC(C)N(C)S(=O)(=O)c1ccc2nc(N)ccc2c1. The summed E-state index contributed by atoms with van der Waals surface area (Å²) >= 11 is 0. The van der Waals surface area contributed by atoms with Crippen LogP contribution in [0.2, 0.25) is 0 Å². The van der Waals surface area contributed by atoms with E-state index in [1.165, 1.54) is 4.31 Å². The molecule has 0 radical (unpaired) electrons. The predicted octanol–water partition coefficient (Wildman–Crippen LogP) is 2.63. The third-order valence-electron chi connectivity index (χ3n) is 3.69. The van der Waals surface area contributed by atoms with Gasteiger partial charge in [-0.1, -0.05) is 13.3 Å². The second-order valence-corrected chi connectivity index (χ2v) is 7.25. The molecule has 6 heteroatoms. The summed E-state index contributed by atoms with van der Waals surface area (Å²) in [7, 11) is -1.86. The van der Waals surface area contributed by atoms with Crippen LogP contribution in [0.5, 0.6) is 0 Å². The van der Waals surface area contributed by atoms with E-state index < -0.39 is 10.0 Å². The zero-order chi connectivity index (χ0) is 15.6. The summed E-state index contributed by atoms with van der Waals surface area (Å²) in [4.78, 5) is 4.46. The molecule has 1 unspecified atom stereocenters. The number of fused-ring (bicyclic) bond motifs is 1. The fourth-order valence-corrected chi connectivity index (χ4v) is 3.71. The number of rotatable bonds is 5. The van der Waals surface area contributed by atoms with E-state index in [9.17, 15) is 8.42 Å². The lowest BCUT2D eigenvalue weighted by Crippen LogP contribution is -2.34. The molecule has 1 heterocycles. The van der Waals surface area contributed by atoms with Crippen LogP contribution in [0.3, 0.4) is 0 Å². The van der Waals surface area contributed by atoms with Crippen LogP contribution < -0.4 is 5.73 Å². The van der Waals surface area contributed by atoms with Crippen LogP contribution in [-0.2, 0) is 10.0 Å². The maximum absolute atomic E-state index is 12.6. The van der Waals surface area contributed by atoms with E-state index in [4.69, 9.17) is 5.73 Å². The molecule has 0 aliphatic rings. The van der Waals surface area contributed by atoms with Gasteiger partial charge < -0.3 is 5.73 Å². The van der Waals surface area contributed by atoms with Crippen LogP contribution in [0.15, 0.2) is 35.2 Å². The molecule has 21 heavy (non-hydrogen) atoms. The maximum Gasteiger partial charge on any atom is 0.243 e. The summed E-state index contributed by atoms with van der Waals surface area (Å²) in [5.41, 5.74) is 6.32. The molecule has 1 atom stereocenters. The highest BCUT2D eigenvalue weighted by Crippen LogP contribution is 2.23. The summed E-state index contributed by atoms with van der Waals surface area (Å²) in [6, 6.07) is 8.34. The number of nitrogen functional groups attached to an aromatic ring is 1. The van der Waals surface area contributed by atoms with Gasteiger partial charge in [-0.15, -0.1) is 0 Å². The molecule has 0 spiro atoms. The van der Waals surface area contributed by atoms with Crippen LogP contribution in [-0.4, -0.2) is 30.8 Å². The van der Waals surface area contributed by atoms with Crippen molar-refractivity contribution in [1.29, 1.82) is 0 Å². The van der Waals surface area contributed by atoms with E-state index in [1.54, 1.807) is 37.4 Å². The Bertz CT molecular complexity index is 744. The second-order valence-electron chi connectivity index (χ2n) is 5.25. The molecule has 5 nitrogen and oxygen atoms in total. The average Bonchev–Trinajstić information content (AvgIpc) is 2.45. The maximum atomic E-state index is 12.6. The van der Waals surface area contributed by atoms with Crippen molar-refractivity contribution in [1.82, 2.24) is 9.29 Å². The van der Waals surface area contributed by atoms with Gasteiger partial charge in [0.2, 0.25) is 10.0 Å². The molecule has 2 rings (SSSR count). The van der Waals surface area contributed by atoms with Gasteiger partial charge >= 0.3 is 0 Å². The molecule has 0 bridgehead atoms. The number of sulfonamides is 1. The van der Waals surface area contributed by atoms with Crippen molar-refractivity contribution < 1.29 is 8.42 Å². The highest BCUT2D eigenvalue weighted by molar-refractivity contribution is 7.89. The number of aromatic nitrogens is 1. The Hall–Kier alpha value is -1.66. The molecule has 0 saturated carbocycles. The Morgan fingerprint density at radius 3 is 2.67 bits per heavy atom. The van der Waals surface area contributed by atoms with E-state index in [0.717, 1.165) is 18.2 Å². The lowest BCUT2D eigenvalue weighted by atomic mass is 10.2. The average molecular weight is 307 g/mol. The van der Waals surface area contributed by atoms with Crippen molar-refractivity contribution in [2.75, 3.05) is 12.8 Å². The summed E-state index contributed by atoms with van der Waals surface area (Å²) in [5.74, 6) is 0.423. The number of hydrogen-bond donors (Lipinski definition) is 1. The standard InChI is InChI=1S/C15H21N3O2S/c1-4-5-11(2)18(3)21(19,20)13-7-8-14-12(10-13)6-9-15(16)17-14/h6-11H,4-5H2,1-3H3,(H2,16,17). The number of hydrogen-bond acceptors (Lipinski definition) is 4. The van der Waals surface area contributed by atoms with Crippen molar-refractivity contribution in [3.8, 4) is 0 Å². The fraction of sp³-hybridized carbons (Fsp3) is 0.400. The topological polar surface area (TPSA) is 76.3 Å². The monoisotopic (exact) mass is 307 g/mol. The first-order chi connectivity index (χ1) is 9.86. The van der Waals surface area contributed by atoms with Crippen LogP contribution >= 0.6 is 0 Å². The third-order valence-corrected chi connectivity index (χ3v) is 5.65. The van der Waals surface area contributed by atoms with Crippen molar-refractivity contribution in [2.24, 2.45) is 0 Å². The van der Waals surface area contributed by atoms with Crippen molar-refractivity contribution >= 4 is 26.7 Å². The van der Waals surface area contributed by atoms with Crippen LogP contribution in [0.4, 0.5) is 5.82 Å². The summed E-state index contributed by atoms with van der Waals surface area (Å²) in [5, 5.41) is 0.766. The first-order valence-electron chi connectivity index (χ1n) is 7.00. The molecular formula is C15H21N3O2S. The Morgan fingerprint density at radius 2 is 2.00 bits per heavy atom. The third kappa shape index (κ3) is 3.16. The highest BCUT2D eigenvalue weighted by Gasteiger charge is 2.25. The minimum Gasteiger partial charge on any atom is -0.384 e. The summed E-state index contributed by atoms with van der Waals surface area (Å²) in [6.45, 7) is 3.97. The zero-order valence-corrected chi connectivity index (χ0v) is 13.4. The molecular weight excluding hydrogens is 286 g/mol. The van der Waals surface area contributed by atoms with Gasteiger partial charge in [0, 0.05) is 18.5 Å². The summed E-state index contributed by atoms with van der Waals surface area (Å²) < 4.78 is 26.7. The van der Waals surface area contributed by atoms with Gasteiger partial charge in [0.15, 0.2) is 0 Å². The number of nitrogens with zero attached hydrogens (tertiary/aromatic N) is 2. The van der Waals surface area contributed by atoms with Crippen LogP contribution in [0, 0.1) is 0 Å². The number of pyridine rings is 1. The van der Waals surface area contributed by atoms with Crippen molar-refractivity contribution in [2.45, 2.75) is 37.6 Å². The highest BCUT2D eigenvalue weighted by atomic mass is 32.2. The molecule has 114 valence electrons. The molecule has 0 fully saturated rings. The molecule has 1 aromatic carbocycles. The van der Waals surface area contributed by atoms with Crippen LogP contribution in [0.1, 0.15) is 26.7 Å². The van der Waals surface area contributed by atoms with Gasteiger partial charge in [0.1, 0.15) is 5.82 Å². The minimum atomic E-state index is -3.49. The molecule has 2 aromatic rings. The van der Waals surface area contributed by atoms with Gasteiger partial charge in [-0.2, -0.15) is 4.31 Å². The predicted molar refractivity (Wildman–Crippen MR) is 85.5 cm³/mol. The largest absolute Gasteiger partial charge is 0.384 e. The van der Waals surface area contributed by atoms with E-state index in [0.29, 0.717) is 11.3 Å². The van der Waals surface area contributed by atoms with E-state index in [2.05, 4.69) is 4.98 Å². The lowest BCUT2D eigenvalue weighted by molar-refractivity contribution is 0.369. The smallest absolute Gasteiger partial charge is 0.243 e. The van der Waals surface area contributed by atoms with E-state index >= 15 is 0 Å². The second kappa shape index (κ2) is 5.99. The van der Waals surface area contributed by atoms with Gasteiger partial charge in [-0.25, -0.2) is 13.4 Å². The zero-order valence-electron chi connectivity index (χ0n) is 12.6. The number of nitrogens with two attached hydrogens (primary N) is 1. The number of anilines is 1. The van der Waals surface area contributed by atoms with Crippen LogP contribution in [0.25, 0.3) is 10.9 Å². The van der Waals surface area contributed by atoms with Gasteiger partial charge in [0.25, 0.3) is 0 Å². The van der Waals surface area contributed by atoms with E-state index in [1.807, 2.05) is 13.8 Å². The van der Waals surface area contributed by atoms with Gasteiger partial charge in [-0.05, 0) is 43.7 Å². The molecule has 0 amide bonds. The Balaban J connectivity index is 2.42. The summed E-state index contributed by atoms with van der Waals surface area (Å²) in [6.07, 6.45) is 1.78. The fourth-order valence-electron chi connectivity index (χ4n) is 2.28. The normalized spacial score (nSPS) is 13.7. The lowest BCUT2D eigenvalue weighted by Gasteiger charge is -2.24. The molecule has 0 saturated heterocycles. The molecule has 2 N–H and O–H groups in total. The minimum absolute atomic E-state index is 0.0276. The van der Waals surface area contributed by atoms with Crippen molar-refractivity contribution in [3.05, 3.63) is 30.3 Å². The Morgan fingerprint density at radius 1 is 1.29 bits per heavy atom. The van der Waals surface area contributed by atoms with E-state index in [-0.39, 0.29) is 10.9 Å². The first kappa shape index (κ1) is 15.7. The number of benzene rings is 1. The molecule has 0 aliphatic heterocycles. The first-order valence-corrected chi connectivity index (χ1v) is 8.44. The van der Waals surface area contributed by atoms with Gasteiger partial charge in [-0.3, -0.25) is 0 Å². The molecule has 1 aromatic heterocycles. The van der Waals surface area contributed by atoms with Gasteiger partial charge in [0.05, 0.1) is 10.4 Å².